The van der Waals surface area contributed by atoms with E-state index in [0.717, 1.165) is 25.3 Å². The highest BCUT2D eigenvalue weighted by Gasteiger charge is 2.40. The second-order valence-corrected chi connectivity index (χ2v) is 6.53. The molecule has 3 fully saturated rings. The minimum Gasteiger partial charge on any atom is -0.480 e. The number of nitrogens with zero attached hydrogens (tertiary/aromatic N) is 1. The first-order valence-electron chi connectivity index (χ1n) is 7.93. The molecule has 0 unspecified atom stereocenters. The van der Waals surface area contributed by atoms with Crippen molar-refractivity contribution in [1.29, 1.82) is 0 Å². The van der Waals surface area contributed by atoms with Crippen molar-refractivity contribution < 1.29 is 14.7 Å². The first kappa shape index (κ1) is 13.9. The van der Waals surface area contributed by atoms with Gasteiger partial charge in [0, 0.05) is 6.54 Å². The number of carboxylic acid groups (broad SMARTS) is 1. The number of piperidine rings is 1. The van der Waals surface area contributed by atoms with Crippen molar-refractivity contribution in [3.63, 3.8) is 0 Å². The Kier molecular flexibility index (Phi) is 3.96. The molecule has 112 valence electrons. The van der Waals surface area contributed by atoms with Crippen LogP contribution in [0.15, 0.2) is 0 Å². The molecule has 5 nitrogen and oxygen atoms in total. The highest BCUT2D eigenvalue weighted by atomic mass is 16.4. The van der Waals surface area contributed by atoms with Gasteiger partial charge >= 0.3 is 5.97 Å². The molecule has 1 amide bonds. The Balaban J connectivity index is 1.64. The number of hydrogen-bond acceptors (Lipinski definition) is 3. The van der Waals surface area contributed by atoms with E-state index in [1.54, 1.807) is 4.90 Å². The Hall–Kier alpha value is -1.10. The van der Waals surface area contributed by atoms with E-state index < -0.39 is 12.0 Å². The number of hydrogen-bond donors (Lipinski definition) is 2. The lowest BCUT2D eigenvalue weighted by Gasteiger charge is -2.40. The van der Waals surface area contributed by atoms with Gasteiger partial charge in [-0.25, -0.2) is 4.79 Å². The number of nitrogens with one attached hydrogen (secondary N) is 1. The Morgan fingerprint density at radius 2 is 1.80 bits per heavy atom. The summed E-state index contributed by atoms with van der Waals surface area (Å²) in [5, 5.41) is 12.6. The minimum atomic E-state index is -0.859. The summed E-state index contributed by atoms with van der Waals surface area (Å²) in [5.41, 5.74) is 0. The van der Waals surface area contributed by atoms with E-state index in [2.05, 4.69) is 5.32 Å². The van der Waals surface area contributed by atoms with Crippen molar-refractivity contribution in [2.24, 2.45) is 11.8 Å². The van der Waals surface area contributed by atoms with Gasteiger partial charge in [-0.3, -0.25) is 4.79 Å². The van der Waals surface area contributed by atoms with E-state index in [1.807, 2.05) is 0 Å². The van der Waals surface area contributed by atoms with E-state index in [0.29, 0.717) is 18.9 Å². The summed E-state index contributed by atoms with van der Waals surface area (Å²) in [6.45, 7) is 1.52. The van der Waals surface area contributed by atoms with Gasteiger partial charge in [0.2, 0.25) is 5.91 Å². The summed E-state index contributed by atoms with van der Waals surface area (Å²) < 4.78 is 0. The van der Waals surface area contributed by atoms with Crippen molar-refractivity contribution >= 4 is 11.9 Å². The predicted octanol–water partition coefficient (Wildman–Crippen LogP) is 1.23. The lowest BCUT2D eigenvalue weighted by Crippen LogP contribution is -2.55. The Bertz CT molecular complexity index is 399. The molecule has 0 aromatic carbocycles. The molecule has 4 atom stereocenters. The fourth-order valence-corrected chi connectivity index (χ4v) is 4.22. The molecule has 0 aromatic heterocycles. The van der Waals surface area contributed by atoms with Gasteiger partial charge in [-0.2, -0.15) is 0 Å². The van der Waals surface area contributed by atoms with Gasteiger partial charge in [0.25, 0.3) is 0 Å². The molecule has 2 saturated heterocycles. The standard InChI is InChI=1S/C15H24N2O3/c18-14(17-7-3-6-13(17)15(19)20)12-8-10-4-1-2-5-11(10)9-16-12/h10-13,16H,1-9H2,(H,19,20)/t10-,11+,12+,13-/m0/s1. The Labute approximate surface area is 119 Å². The zero-order valence-electron chi connectivity index (χ0n) is 11.9. The first-order chi connectivity index (χ1) is 9.66. The van der Waals surface area contributed by atoms with Gasteiger partial charge in [-0.05, 0) is 44.1 Å². The highest BCUT2D eigenvalue weighted by molar-refractivity contribution is 5.87. The third-order valence-electron chi connectivity index (χ3n) is 5.35. The lowest BCUT2D eigenvalue weighted by molar-refractivity contribution is -0.149. The normalized spacial score (nSPS) is 37.5. The molecule has 2 N–H and O–H groups in total. The average Bonchev–Trinajstić information content (AvgIpc) is 2.95. The summed E-state index contributed by atoms with van der Waals surface area (Å²) in [5.74, 6) is 0.535. The van der Waals surface area contributed by atoms with Gasteiger partial charge in [0.05, 0.1) is 6.04 Å². The maximum Gasteiger partial charge on any atom is 0.326 e. The summed E-state index contributed by atoms with van der Waals surface area (Å²) in [6, 6.07) is -0.761. The maximum absolute atomic E-state index is 12.6. The first-order valence-corrected chi connectivity index (χ1v) is 7.93. The van der Waals surface area contributed by atoms with Crippen LogP contribution in [0.25, 0.3) is 0 Å². The maximum atomic E-state index is 12.6. The van der Waals surface area contributed by atoms with Crippen molar-refractivity contribution in [2.75, 3.05) is 13.1 Å². The summed E-state index contributed by atoms with van der Waals surface area (Å²) in [7, 11) is 0. The molecule has 3 rings (SSSR count). The predicted molar refractivity (Wildman–Crippen MR) is 74.2 cm³/mol. The van der Waals surface area contributed by atoms with Gasteiger partial charge in [0.15, 0.2) is 0 Å². The van der Waals surface area contributed by atoms with Crippen LogP contribution in [0.5, 0.6) is 0 Å². The molecule has 2 heterocycles. The monoisotopic (exact) mass is 280 g/mol. The molecule has 1 aliphatic carbocycles. The van der Waals surface area contributed by atoms with E-state index in [9.17, 15) is 14.7 Å². The molecular weight excluding hydrogens is 256 g/mol. The van der Waals surface area contributed by atoms with Crippen LogP contribution in [-0.2, 0) is 9.59 Å². The van der Waals surface area contributed by atoms with E-state index in [1.165, 1.54) is 25.7 Å². The van der Waals surface area contributed by atoms with E-state index in [4.69, 9.17) is 0 Å². The van der Waals surface area contributed by atoms with Gasteiger partial charge < -0.3 is 15.3 Å². The molecule has 3 aliphatic rings. The quantitative estimate of drug-likeness (QED) is 0.798. The number of likely N-dealkylation sites (tertiary alicyclic amines) is 1. The number of amides is 1. The molecule has 5 heteroatoms. The van der Waals surface area contributed by atoms with Gasteiger partial charge in [-0.1, -0.05) is 19.3 Å². The highest BCUT2D eigenvalue weighted by Crippen LogP contribution is 2.36. The fraction of sp³-hybridized carbons (Fsp3) is 0.867. The second kappa shape index (κ2) is 5.72. The molecule has 1 saturated carbocycles. The van der Waals surface area contributed by atoms with Crippen LogP contribution in [0.4, 0.5) is 0 Å². The van der Waals surface area contributed by atoms with Gasteiger partial charge in [0.1, 0.15) is 6.04 Å². The molecule has 0 radical (unpaired) electrons. The van der Waals surface area contributed by atoms with Crippen LogP contribution in [0.1, 0.15) is 44.9 Å². The van der Waals surface area contributed by atoms with Crippen molar-refractivity contribution in [2.45, 2.75) is 57.0 Å². The van der Waals surface area contributed by atoms with Crippen LogP contribution in [0.2, 0.25) is 0 Å². The van der Waals surface area contributed by atoms with Crippen molar-refractivity contribution in [3.05, 3.63) is 0 Å². The zero-order chi connectivity index (χ0) is 14.1. The zero-order valence-corrected chi connectivity index (χ0v) is 11.9. The molecule has 0 bridgehead atoms. The van der Waals surface area contributed by atoms with Crippen LogP contribution in [-0.4, -0.2) is 47.1 Å². The minimum absolute atomic E-state index is 0.0129. The molecular formula is C15H24N2O3. The third-order valence-corrected chi connectivity index (χ3v) is 5.35. The average molecular weight is 280 g/mol. The summed E-state index contributed by atoms with van der Waals surface area (Å²) in [4.78, 5) is 25.4. The summed E-state index contributed by atoms with van der Waals surface area (Å²) >= 11 is 0. The Morgan fingerprint density at radius 3 is 2.55 bits per heavy atom. The number of fused-ring (bicyclic) bond motifs is 1. The van der Waals surface area contributed by atoms with E-state index in [-0.39, 0.29) is 11.9 Å². The second-order valence-electron chi connectivity index (χ2n) is 6.53. The fourth-order valence-electron chi connectivity index (χ4n) is 4.22. The van der Waals surface area contributed by atoms with Crippen LogP contribution < -0.4 is 5.32 Å². The van der Waals surface area contributed by atoms with Crippen LogP contribution in [0, 0.1) is 11.8 Å². The van der Waals surface area contributed by atoms with Gasteiger partial charge in [-0.15, -0.1) is 0 Å². The molecule has 2 aliphatic heterocycles. The molecule has 0 aromatic rings. The Morgan fingerprint density at radius 1 is 1.05 bits per heavy atom. The summed E-state index contributed by atoms with van der Waals surface area (Å²) in [6.07, 6.45) is 7.41. The van der Waals surface area contributed by atoms with Crippen LogP contribution in [0.3, 0.4) is 0 Å². The van der Waals surface area contributed by atoms with Crippen molar-refractivity contribution in [3.8, 4) is 0 Å². The topological polar surface area (TPSA) is 69.6 Å². The lowest BCUT2D eigenvalue weighted by atomic mass is 9.73. The SMILES string of the molecule is O=C(O)[C@@H]1CCCN1C(=O)[C@H]1C[C@@H]2CCCC[C@@H]2CN1. The number of aliphatic carboxylic acids is 1. The number of carbonyl (C=O) groups excluding carboxylic acids is 1. The number of carboxylic acids is 1. The number of carbonyl (C=O) groups is 2. The number of rotatable bonds is 2. The molecule has 20 heavy (non-hydrogen) atoms. The van der Waals surface area contributed by atoms with E-state index >= 15 is 0 Å². The van der Waals surface area contributed by atoms with Crippen LogP contribution >= 0.6 is 0 Å². The largest absolute Gasteiger partial charge is 0.480 e. The van der Waals surface area contributed by atoms with Crippen molar-refractivity contribution in [1.82, 2.24) is 10.2 Å². The third kappa shape index (κ3) is 2.55. The smallest absolute Gasteiger partial charge is 0.326 e. The molecule has 0 spiro atoms.